The molecular formula is C21H30O5. The van der Waals surface area contributed by atoms with Crippen molar-refractivity contribution in [3.63, 3.8) is 0 Å². The quantitative estimate of drug-likeness (QED) is 0.719. The van der Waals surface area contributed by atoms with Gasteiger partial charge >= 0.3 is 5.97 Å². The van der Waals surface area contributed by atoms with Gasteiger partial charge in [-0.25, -0.2) is 0 Å². The van der Waals surface area contributed by atoms with Gasteiger partial charge in [0.1, 0.15) is 6.10 Å². The molecule has 144 valence electrons. The molecule has 1 aromatic rings. The summed E-state index contributed by atoms with van der Waals surface area (Å²) >= 11 is 0. The normalized spacial score (nSPS) is 28.7. The summed E-state index contributed by atoms with van der Waals surface area (Å²) in [5.74, 6) is 3.15. The molecule has 4 atom stereocenters. The van der Waals surface area contributed by atoms with Crippen LogP contribution in [0.5, 0.6) is 17.2 Å². The van der Waals surface area contributed by atoms with Crippen molar-refractivity contribution in [3.8, 4) is 17.2 Å². The molecule has 1 aromatic carbocycles. The fraction of sp³-hybridized carbons (Fsp3) is 0.667. The van der Waals surface area contributed by atoms with Gasteiger partial charge in [0.2, 0.25) is 5.75 Å². The predicted molar refractivity (Wildman–Crippen MR) is 98.8 cm³/mol. The van der Waals surface area contributed by atoms with E-state index in [1.165, 1.54) is 6.42 Å². The van der Waals surface area contributed by atoms with E-state index in [0.29, 0.717) is 40.4 Å². The van der Waals surface area contributed by atoms with Crippen molar-refractivity contribution in [2.75, 3.05) is 21.3 Å². The Balaban J connectivity index is 1.67. The lowest BCUT2D eigenvalue weighted by Crippen LogP contribution is -2.57. The zero-order chi connectivity index (χ0) is 19.1. The van der Waals surface area contributed by atoms with Crippen molar-refractivity contribution in [1.29, 1.82) is 0 Å². The van der Waals surface area contributed by atoms with Gasteiger partial charge in [-0.05, 0) is 53.7 Å². The number of carbonyl (C=O) groups excluding carboxylic acids is 1. The second-order valence-electron chi connectivity index (χ2n) is 8.19. The molecule has 0 heterocycles. The molecule has 3 aliphatic rings. The molecule has 0 aromatic heterocycles. The van der Waals surface area contributed by atoms with Gasteiger partial charge < -0.3 is 18.9 Å². The minimum absolute atomic E-state index is 0.0290. The standard InChI is InChI=1S/C21H30O5/c1-12-15-10-14(21(15,2)3)11-16(12)26-19(22)9-13-7-17(23-4)20(25-6)18(8-13)24-5/h7-8,12,14-16H,9-11H2,1-6H3/t12-,14-,15+,16+/m1/s1. The highest BCUT2D eigenvalue weighted by atomic mass is 16.5. The predicted octanol–water partition coefficient (Wildman–Crippen LogP) is 3.87. The molecule has 4 rings (SSSR count). The van der Waals surface area contributed by atoms with Gasteiger partial charge in [-0.15, -0.1) is 0 Å². The van der Waals surface area contributed by atoms with Crippen LogP contribution in [-0.4, -0.2) is 33.4 Å². The second kappa shape index (κ2) is 7.01. The second-order valence-corrected chi connectivity index (χ2v) is 8.19. The summed E-state index contributed by atoms with van der Waals surface area (Å²) in [6.45, 7) is 6.91. The van der Waals surface area contributed by atoms with Crippen LogP contribution in [0.25, 0.3) is 0 Å². The third kappa shape index (κ3) is 3.12. The Morgan fingerprint density at radius 3 is 2.15 bits per heavy atom. The van der Waals surface area contributed by atoms with Crippen LogP contribution in [0.3, 0.4) is 0 Å². The Kier molecular flexibility index (Phi) is 5.09. The van der Waals surface area contributed by atoms with Crippen molar-refractivity contribution < 1.29 is 23.7 Å². The van der Waals surface area contributed by atoms with Crippen molar-refractivity contribution in [3.05, 3.63) is 17.7 Å². The fourth-order valence-electron chi connectivity index (χ4n) is 4.87. The number of methoxy groups -OCH3 is 3. The first-order valence-corrected chi connectivity index (χ1v) is 9.30. The average Bonchev–Trinajstić information content (AvgIpc) is 2.61. The molecular weight excluding hydrogens is 332 g/mol. The summed E-state index contributed by atoms with van der Waals surface area (Å²) in [6.07, 6.45) is 2.47. The van der Waals surface area contributed by atoms with Gasteiger partial charge in [0.05, 0.1) is 27.8 Å². The van der Waals surface area contributed by atoms with Crippen LogP contribution in [-0.2, 0) is 16.0 Å². The first kappa shape index (κ1) is 18.9. The number of rotatable bonds is 6. The maximum absolute atomic E-state index is 12.5. The summed E-state index contributed by atoms with van der Waals surface area (Å²) in [5.41, 5.74) is 1.18. The van der Waals surface area contributed by atoms with Gasteiger partial charge in [0, 0.05) is 0 Å². The Morgan fingerprint density at radius 2 is 1.69 bits per heavy atom. The van der Waals surface area contributed by atoms with E-state index in [9.17, 15) is 4.79 Å². The molecule has 26 heavy (non-hydrogen) atoms. The van der Waals surface area contributed by atoms with E-state index >= 15 is 0 Å². The zero-order valence-corrected chi connectivity index (χ0v) is 16.6. The average molecular weight is 362 g/mol. The van der Waals surface area contributed by atoms with Crippen LogP contribution in [0.4, 0.5) is 0 Å². The topological polar surface area (TPSA) is 54.0 Å². The van der Waals surface area contributed by atoms with Gasteiger partial charge in [0.25, 0.3) is 0 Å². The summed E-state index contributed by atoms with van der Waals surface area (Å²) in [7, 11) is 4.69. The third-order valence-electron chi connectivity index (χ3n) is 6.64. The molecule has 0 spiro atoms. The van der Waals surface area contributed by atoms with Gasteiger partial charge in [-0.2, -0.15) is 0 Å². The zero-order valence-electron chi connectivity index (χ0n) is 16.6. The monoisotopic (exact) mass is 362 g/mol. The number of esters is 1. The number of carbonyl (C=O) groups is 1. The van der Waals surface area contributed by atoms with E-state index in [4.69, 9.17) is 18.9 Å². The molecule has 0 saturated heterocycles. The summed E-state index contributed by atoms with van der Waals surface area (Å²) in [6, 6.07) is 3.60. The number of benzene rings is 1. The number of fused-ring (bicyclic) bond motifs is 2. The molecule has 0 radical (unpaired) electrons. The number of hydrogen-bond donors (Lipinski definition) is 0. The summed E-state index contributed by atoms with van der Waals surface area (Å²) < 4.78 is 21.9. The third-order valence-corrected chi connectivity index (χ3v) is 6.64. The van der Waals surface area contributed by atoms with Gasteiger partial charge in [-0.3, -0.25) is 4.79 Å². The van der Waals surface area contributed by atoms with Gasteiger partial charge in [0.15, 0.2) is 11.5 Å². The number of hydrogen-bond acceptors (Lipinski definition) is 5. The Labute approximate surface area is 156 Å². The Hall–Kier alpha value is -1.91. The van der Waals surface area contributed by atoms with Crippen molar-refractivity contribution in [2.24, 2.45) is 23.2 Å². The van der Waals surface area contributed by atoms with E-state index in [1.54, 1.807) is 33.5 Å². The van der Waals surface area contributed by atoms with Crippen LogP contribution in [0.2, 0.25) is 0 Å². The first-order valence-electron chi connectivity index (χ1n) is 9.30. The van der Waals surface area contributed by atoms with Crippen LogP contribution in [0.15, 0.2) is 12.1 Å². The molecule has 0 N–H and O–H groups in total. The van der Waals surface area contributed by atoms with Crippen LogP contribution in [0.1, 0.15) is 39.2 Å². The highest BCUT2D eigenvalue weighted by Gasteiger charge is 2.57. The largest absolute Gasteiger partial charge is 0.493 e. The van der Waals surface area contributed by atoms with Crippen LogP contribution in [0, 0.1) is 23.2 Å². The highest BCUT2D eigenvalue weighted by molar-refractivity contribution is 5.74. The minimum Gasteiger partial charge on any atom is -0.493 e. The van der Waals surface area contributed by atoms with Crippen molar-refractivity contribution in [1.82, 2.24) is 0 Å². The first-order chi connectivity index (χ1) is 12.3. The molecule has 5 heteroatoms. The van der Waals surface area contributed by atoms with E-state index in [1.807, 2.05) is 0 Å². The minimum atomic E-state index is -0.199. The Bertz CT molecular complexity index is 656. The molecule has 0 aliphatic heterocycles. The van der Waals surface area contributed by atoms with E-state index in [-0.39, 0.29) is 18.5 Å². The molecule has 0 unspecified atom stereocenters. The van der Waals surface area contributed by atoms with Gasteiger partial charge in [-0.1, -0.05) is 20.8 Å². The summed E-state index contributed by atoms with van der Waals surface area (Å²) in [5, 5.41) is 0. The molecule has 5 nitrogen and oxygen atoms in total. The Morgan fingerprint density at radius 1 is 1.08 bits per heavy atom. The smallest absolute Gasteiger partial charge is 0.310 e. The lowest BCUT2D eigenvalue weighted by molar-refractivity contribution is -0.185. The van der Waals surface area contributed by atoms with Crippen LogP contribution >= 0.6 is 0 Å². The fourth-order valence-corrected chi connectivity index (χ4v) is 4.87. The van der Waals surface area contributed by atoms with Crippen molar-refractivity contribution in [2.45, 2.75) is 46.1 Å². The summed E-state index contributed by atoms with van der Waals surface area (Å²) in [4.78, 5) is 12.5. The SMILES string of the molecule is COc1cc(CC(=O)O[C@H]2C[C@H]3C[C@@H]([C@H]2C)C3(C)C)cc(OC)c1OC. The van der Waals surface area contributed by atoms with E-state index in [2.05, 4.69) is 20.8 Å². The molecule has 3 saturated carbocycles. The molecule has 3 fully saturated rings. The maximum Gasteiger partial charge on any atom is 0.310 e. The lowest BCUT2D eigenvalue weighted by Gasteiger charge is -2.61. The number of ether oxygens (including phenoxy) is 4. The lowest BCUT2D eigenvalue weighted by atomic mass is 9.45. The molecule has 3 aliphatic carbocycles. The highest BCUT2D eigenvalue weighted by Crippen LogP contribution is 2.61. The van der Waals surface area contributed by atoms with Crippen molar-refractivity contribution >= 4 is 5.97 Å². The maximum atomic E-state index is 12.5. The molecule has 2 bridgehead atoms. The van der Waals surface area contributed by atoms with E-state index < -0.39 is 0 Å². The van der Waals surface area contributed by atoms with Crippen LogP contribution < -0.4 is 14.2 Å². The molecule has 0 amide bonds. The van der Waals surface area contributed by atoms with E-state index in [0.717, 1.165) is 12.0 Å².